The van der Waals surface area contributed by atoms with Crippen LogP contribution >= 0.6 is 15.9 Å². The maximum absolute atomic E-state index is 12.9. The van der Waals surface area contributed by atoms with Crippen LogP contribution in [0.3, 0.4) is 0 Å². The topological polar surface area (TPSA) is 55.5 Å². The van der Waals surface area contributed by atoms with E-state index in [1.165, 1.54) is 6.07 Å². The van der Waals surface area contributed by atoms with Crippen LogP contribution in [0.5, 0.6) is 11.5 Å². The predicted molar refractivity (Wildman–Crippen MR) is 50.3 cm³/mol. The Balaban J connectivity index is 2.92. The molecule has 0 radical (unpaired) electrons. The first-order valence-electron chi connectivity index (χ1n) is 3.66. The number of halogens is 2. The average Bonchev–Trinajstić information content (AvgIpc) is 2.09. The standard InChI is InChI=1S/C8H9BrFNO2/c9-5-3-6(10)8(12)7(4-5)13-2-1-11/h3-4,12H,1-2,11H2. The highest BCUT2D eigenvalue weighted by Crippen LogP contribution is 2.32. The molecule has 0 bridgehead atoms. The summed E-state index contributed by atoms with van der Waals surface area (Å²) < 4.78 is 18.4. The van der Waals surface area contributed by atoms with Crippen molar-refractivity contribution in [3.63, 3.8) is 0 Å². The van der Waals surface area contributed by atoms with Crippen molar-refractivity contribution >= 4 is 15.9 Å². The maximum Gasteiger partial charge on any atom is 0.194 e. The molecule has 0 heterocycles. The first-order valence-corrected chi connectivity index (χ1v) is 4.45. The first kappa shape index (κ1) is 10.3. The lowest BCUT2D eigenvalue weighted by Gasteiger charge is -2.07. The van der Waals surface area contributed by atoms with Crippen LogP contribution in [0.1, 0.15) is 0 Å². The number of ether oxygens (including phenoxy) is 1. The van der Waals surface area contributed by atoms with Gasteiger partial charge >= 0.3 is 0 Å². The first-order chi connectivity index (χ1) is 6.15. The van der Waals surface area contributed by atoms with Gasteiger partial charge in [0, 0.05) is 11.0 Å². The van der Waals surface area contributed by atoms with E-state index in [4.69, 9.17) is 10.5 Å². The number of phenolic OH excluding ortho intramolecular Hbond substituents is 1. The molecule has 0 fully saturated rings. The third-order valence-electron chi connectivity index (χ3n) is 1.37. The van der Waals surface area contributed by atoms with E-state index >= 15 is 0 Å². The van der Waals surface area contributed by atoms with E-state index in [1.807, 2.05) is 0 Å². The summed E-state index contributed by atoms with van der Waals surface area (Å²) in [5, 5.41) is 9.19. The molecular weight excluding hydrogens is 241 g/mol. The van der Waals surface area contributed by atoms with Gasteiger partial charge in [0.2, 0.25) is 0 Å². The van der Waals surface area contributed by atoms with E-state index in [2.05, 4.69) is 15.9 Å². The Morgan fingerprint density at radius 3 is 2.85 bits per heavy atom. The van der Waals surface area contributed by atoms with Gasteiger partial charge in [0.1, 0.15) is 6.61 Å². The van der Waals surface area contributed by atoms with Gasteiger partial charge in [0.25, 0.3) is 0 Å². The number of nitrogens with two attached hydrogens (primary N) is 1. The van der Waals surface area contributed by atoms with Crippen molar-refractivity contribution in [2.75, 3.05) is 13.2 Å². The minimum absolute atomic E-state index is 0.0947. The van der Waals surface area contributed by atoms with E-state index in [0.29, 0.717) is 11.0 Å². The van der Waals surface area contributed by atoms with Crippen LogP contribution < -0.4 is 10.5 Å². The van der Waals surface area contributed by atoms with Crippen molar-refractivity contribution in [3.8, 4) is 11.5 Å². The molecule has 1 rings (SSSR count). The second-order valence-corrected chi connectivity index (χ2v) is 3.29. The third-order valence-corrected chi connectivity index (χ3v) is 1.83. The van der Waals surface area contributed by atoms with Crippen LogP contribution in [0.25, 0.3) is 0 Å². The highest BCUT2D eigenvalue weighted by Gasteiger charge is 2.09. The van der Waals surface area contributed by atoms with Crippen molar-refractivity contribution in [1.29, 1.82) is 0 Å². The predicted octanol–water partition coefficient (Wildman–Crippen LogP) is 1.63. The number of aromatic hydroxyl groups is 1. The molecule has 0 amide bonds. The summed E-state index contributed by atoms with van der Waals surface area (Å²) in [7, 11) is 0. The Morgan fingerprint density at radius 2 is 2.23 bits per heavy atom. The van der Waals surface area contributed by atoms with Crippen molar-refractivity contribution in [2.24, 2.45) is 5.73 Å². The smallest absolute Gasteiger partial charge is 0.194 e. The van der Waals surface area contributed by atoms with Gasteiger partial charge in [0.15, 0.2) is 17.3 Å². The molecule has 5 heteroatoms. The second kappa shape index (κ2) is 4.43. The van der Waals surface area contributed by atoms with Crippen LogP contribution in [-0.4, -0.2) is 18.3 Å². The van der Waals surface area contributed by atoms with Crippen LogP contribution in [0.4, 0.5) is 4.39 Å². The zero-order chi connectivity index (χ0) is 9.84. The molecule has 3 nitrogen and oxygen atoms in total. The largest absolute Gasteiger partial charge is 0.502 e. The Morgan fingerprint density at radius 1 is 1.54 bits per heavy atom. The van der Waals surface area contributed by atoms with Crippen LogP contribution in [-0.2, 0) is 0 Å². The van der Waals surface area contributed by atoms with Crippen molar-refractivity contribution in [1.82, 2.24) is 0 Å². The van der Waals surface area contributed by atoms with Gasteiger partial charge in [-0.3, -0.25) is 0 Å². The number of hydrogen-bond acceptors (Lipinski definition) is 3. The molecule has 1 aromatic carbocycles. The molecular formula is C8H9BrFNO2. The Labute approximate surface area is 83.4 Å². The zero-order valence-corrected chi connectivity index (χ0v) is 8.34. The number of benzene rings is 1. The number of rotatable bonds is 3. The lowest BCUT2D eigenvalue weighted by atomic mass is 10.3. The fraction of sp³-hybridized carbons (Fsp3) is 0.250. The van der Waals surface area contributed by atoms with Crippen molar-refractivity contribution in [3.05, 3.63) is 22.4 Å². The zero-order valence-electron chi connectivity index (χ0n) is 6.76. The van der Waals surface area contributed by atoms with Gasteiger partial charge in [-0.15, -0.1) is 0 Å². The summed E-state index contributed by atoms with van der Waals surface area (Å²) in [4.78, 5) is 0. The van der Waals surface area contributed by atoms with Gasteiger partial charge in [-0.05, 0) is 12.1 Å². The summed E-state index contributed by atoms with van der Waals surface area (Å²) >= 11 is 3.08. The Bertz CT molecular complexity index is 306. The molecule has 0 aliphatic rings. The Kier molecular flexibility index (Phi) is 3.50. The molecule has 1 aromatic rings. The fourth-order valence-corrected chi connectivity index (χ4v) is 1.23. The molecule has 0 spiro atoms. The van der Waals surface area contributed by atoms with Crippen molar-refractivity contribution in [2.45, 2.75) is 0 Å². The van der Waals surface area contributed by atoms with Crippen LogP contribution in [0.15, 0.2) is 16.6 Å². The molecule has 0 aliphatic heterocycles. The quantitative estimate of drug-likeness (QED) is 0.857. The molecule has 0 aliphatic carbocycles. The summed E-state index contributed by atoms with van der Waals surface area (Å²) in [6.45, 7) is 0.553. The fourth-order valence-electron chi connectivity index (χ4n) is 0.821. The van der Waals surface area contributed by atoms with E-state index in [9.17, 15) is 9.50 Å². The SMILES string of the molecule is NCCOc1cc(Br)cc(F)c1O. The van der Waals surface area contributed by atoms with E-state index in [0.717, 1.165) is 6.07 Å². The molecule has 0 unspecified atom stereocenters. The summed E-state index contributed by atoms with van der Waals surface area (Å²) in [6.07, 6.45) is 0. The van der Waals surface area contributed by atoms with Gasteiger partial charge in [-0.25, -0.2) is 4.39 Å². The summed E-state index contributed by atoms with van der Waals surface area (Å²) in [6, 6.07) is 2.64. The highest BCUT2D eigenvalue weighted by molar-refractivity contribution is 9.10. The average molecular weight is 250 g/mol. The minimum atomic E-state index is -0.721. The molecule has 13 heavy (non-hydrogen) atoms. The van der Waals surface area contributed by atoms with E-state index in [1.54, 1.807) is 0 Å². The van der Waals surface area contributed by atoms with Gasteiger partial charge in [-0.2, -0.15) is 0 Å². The number of hydrogen-bond donors (Lipinski definition) is 2. The maximum atomic E-state index is 12.9. The normalized spacial score (nSPS) is 10.1. The molecule has 0 aromatic heterocycles. The third kappa shape index (κ3) is 2.57. The lowest BCUT2D eigenvalue weighted by molar-refractivity contribution is 0.301. The minimum Gasteiger partial charge on any atom is -0.502 e. The summed E-state index contributed by atoms with van der Waals surface area (Å²) in [5.74, 6) is -1.12. The molecule has 0 saturated carbocycles. The monoisotopic (exact) mass is 249 g/mol. The van der Waals surface area contributed by atoms with Crippen molar-refractivity contribution < 1.29 is 14.2 Å². The van der Waals surface area contributed by atoms with E-state index < -0.39 is 11.6 Å². The van der Waals surface area contributed by atoms with Crippen LogP contribution in [0, 0.1) is 5.82 Å². The molecule has 72 valence electrons. The van der Waals surface area contributed by atoms with E-state index in [-0.39, 0.29) is 12.4 Å². The lowest BCUT2D eigenvalue weighted by Crippen LogP contribution is -2.10. The summed E-state index contributed by atoms with van der Waals surface area (Å²) in [5.41, 5.74) is 5.19. The van der Waals surface area contributed by atoms with Gasteiger partial charge in [-0.1, -0.05) is 15.9 Å². The molecule has 3 N–H and O–H groups in total. The second-order valence-electron chi connectivity index (χ2n) is 2.37. The van der Waals surface area contributed by atoms with Gasteiger partial charge < -0.3 is 15.6 Å². The number of phenols is 1. The molecule has 0 saturated heterocycles. The molecule has 0 atom stereocenters. The highest BCUT2D eigenvalue weighted by atomic mass is 79.9. The van der Waals surface area contributed by atoms with Crippen LogP contribution in [0.2, 0.25) is 0 Å². The van der Waals surface area contributed by atoms with Gasteiger partial charge in [0.05, 0.1) is 0 Å². The Hall–Kier alpha value is -0.810.